The van der Waals surface area contributed by atoms with Crippen molar-refractivity contribution in [2.24, 2.45) is 0 Å². The van der Waals surface area contributed by atoms with Gasteiger partial charge in [0.1, 0.15) is 6.61 Å². The van der Waals surface area contributed by atoms with Crippen molar-refractivity contribution < 1.29 is 13.9 Å². The number of hydrogen-bond donors (Lipinski definition) is 0. The Hall–Kier alpha value is -1.09. The number of esters is 1. The average Bonchev–Trinajstić information content (AvgIpc) is 2.15. The maximum atomic E-state index is 12.1. The fourth-order valence-electron chi connectivity index (χ4n) is 0.792. The lowest BCUT2D eigenvalue weighted by molar-refractivity contribution is -0.147. The second kappa shape index (κ2) is 4.82. The van der Waals surface area contributed by atoms with Crippen LogP contribution in [0.25, 0.3) is 0 Å². The Kier molecular flexibility index (Phi) is 3.71. The van der Waals surface area contributed by atoms with Crippen molar-refractivity contribution in [3.63, 3.8) is 0 Å². The van der Waals surface area contributed by atoms with Crippen LogP contribution in [0.4, 0.5) is 4.39 Å². The highest BCUT2D eigenvalue weighted by Gasteiger charge is 2.14. The van der Waals surface area contributed by atoms with Gasteiger partial charge in [-0.15, -0.1) is 0 Å². The second-order valence-corrected chi connectivity index (χ2v) is 2.78. The lowest BCUT2D eigenvalue weighted by Gasteiger charge is -2.03. The van der Waals surface area contributed by atoms with Gasteiger partial charge in [0.15, 0.2) is 0 Å². The first-order chi connectivity index (χ1) is 6.20. The topological polar surface area (TPSA) is 26.3 Å². The molecule has 0 heterocycles. The summed E-state index contributed by atoms with van der Waals surface area (Å²) in [6.45, 7) is 0.0484. The standard InChI is InChI=1S/C9H8ClFO2/c10-8(11)9(12)13-6-7-4-2-1-3-5-7/h1-5,8H,6H2/t8-/m0/s1. The van der Waals surface area contributed by atoms with Crippen molar-refractivity contribution in [2.75, 3.05) is 0 Å². The predicted molar refractivity (Wildman–Crippen MR) is 47.0 cm³/mol. The van der Waals surface area contributed by atoms with E-state index in [9.17, 15) is 9.18 Å². The molecule has 0 aliphatic heterocycles. The molecule has 4 heteroatoms. The molecular weight excluding hydrogens is 195 g/mol. The quantitative estimate of drug-likeness (QED) is 0.555. The van der Waals surface area contributed by atoms with Gasteiger partial charge in [0.2, 0.25) is 0 Å². The molecule has 0 saturated heterocycles. The molecule has 0 aromatic heterocycles. The third-order valence-corrected chi connectivity index (χ3v) is 1.58. The van der Waals surface area contributed by atoms with Crippen LogP contribution in [0, 0.1) is 0 Å². The lowest BCUT2D eigenvalue weighted by atomic mass is 10.2. The van der Waals surface area contributed by atoms with Crippen molar-refractivity contribution in [2.45, 2.75) is 12.2 Å². The Balaban J connectivity index is 2.40. The minimum atomic E-state index is -2.08. The fourth-order valence-corrected chi connectivity index (χ4v) is 0.855. The Morgan fingerprint density at radius 3 is 2.62 bits per heavy atom. The number of halogens is 2. The first-order valence-corrected chi connectivity index (χ1v) is 4.12. The van der Waals surface area contributed by atoms with Crippen molar-refractivity contribution in [1.29, 1.82) is 0 Å². The van der Waals surface area contributed by atoms with E-state index < -0.39 is 11.6 Å². The van der Waals surface area contributed by atoms with Crippen LogP contribution in [0.3, 0.4) is 0 Å². The molecule has 1 rings (SSSR count). The molecule has 0 saturated carbocycles. The van der Waals surface area contributed by atoms with Gasteiger partial charge >= 0.3 is 5.97 Å². The van der Waals surface area contributed by atoms with Gasteiger partial charge in [0.05, 0.1) is 0 Å². The van der Waals surface area contributed by atoms with E-state index in [0.29, 0.717) is 0 Å². The van der Waals surface area contributed by atoms with Crippen LogP contribution in [-0.4, -0.2) is 11.6 Å². The summed E-state index contributed by atoms with van der Waals surface area (Å²) in [7, 11) is 0. The van der Waals surface area contributed by atoms with E-state index in [-0.39, 0.29) is 6.61 Å². The van der Waals surface area contributed by atoms with Gasteiger partial charge < -0.3 is 4.74 Å². The van der Waals surface area contributed by atoms with Gasteiger partial charge in [-0.2, -0.15) is 0 Å². The molecule has 0 unspecified atom stereocenters. The maximum absolute atomic E-state index is 12.1. The number of rotatable bonds is 3. The van der Waals surface area contributed by atoms with Gasteiger partial charge in [0.25, 0.3) is 5.63 Å². The van der Waals surface area contributed by atoms with E-state index in [0.717, 1.165) is 5.56 Å². The highest BCUT2D eigenvalue weighted by molar-refractivity contribution is 6.28. The lowest BCUT2D eigenvalue weighted by Crippen LogP contribution is -2.12. The molecule has 0 spiro atoms. The normalized spacial score (nSPS) is 12.2. The third kappa shape index (κ3) is 3.42. The molecule has 0 aliphatic rings. The smallest absolute Gasteiger partial charge is 0.356 e. The molecule has 0 bridgehead atoms. The average molecular weight is 203 g/mol. The number of carbonyl (C=O) groups excluding carboxylic acids is 1. The second-order valence-electron chi connectivity index (χ2n) is 2.39. The van der Waals surface area contributed by atoms with Crippen LogP contribution in [0.1, 0.15) is 5.56 Å². The third-order valence-electron chi connectivity index (χ3n) is 1.40. The molecule has 2 nitrogen and oxygen atoms in total. The Labute approximate surface area is 80.3 Å². The fraction of sp³-hybridized carbons (Fsp3) is 0.222. The summed E-state index contributed by atoms with van der Waals surface area (Å²) in [5.41, 5.74) is -1.28. The Morgan fingerprint density at radius 2 is 2.08 bits per heavy atom. The van der Waals surface area contributed by atoms with Crippen molar-refractivity contribution in [3.8, 4) is 0 Å². The summed E-state index contributed by atoms with van der Waals surface area (Å²) in [4.78, 5) is 10.6. The number of carbonyl (C=O) groups is 1. The molecule has 70 valence electrons. The van der Waals surface area contributed by atoms with Crippen LogP contribution in [0.5, 0.6) is 0 Å². The Morgan fingerprint density at radius 1 is 1.46 bits per heavy atom. The van der Waals surface area contributed by atoms with Gasteiger partial charge in [0, 0.05) is 0 Å². The van der Waals surface area contributed by atoms with Gasteiger partial charge in [-0.25, -0.2) is 9.18 Å². The molecular formula is C9H8ClFO2. The van der Waals surface area contributed by atoms with E-state index in [4.69, 9.17) is 11.6 Å². The number of benzene rings is 1. The van der Waals surface area contributed by atoms with E-state index in [1.54, 1.807) is 24.3 Å². The monoisotopic (exact) mass is 202 g/mol. The maximum Gasteiger partial charge on any atom is 0.356 e. The molecule has 0 N–H and O–H groups in total. The summed E-state index contributed by atoms with van der Waals surface area (Å²) in [5, 5.41) is 0. The summed E-state index contributed by atoms with van der Waals surface area (Å²) >= 11 is 4.85. The molecule has 0 fully saturated rings. The van der Waals surface area contributed by atoms with Gasteiger partial charge in [-0.05, 0) is 5.56 Å². The van der Waals surface area contributed by atoms with E-state index in [1.807, 2.05) is 6.07 Å². The molecule has 1 aromatic rings. The van der Waals surface area contributed by atoms with Crippen molar-refractivity contribution in [1.82, 2.24) is 0 Å². The van der Waals surface area contributed by atoms with Crippen LogP contribution in [0.2, 0.25) is 0 Å². The molecule has 0 aliphatic carbocycles. The largest absolute Gasteiger partial charge is 0.458 e. The minimum absolute atomic E-state index is 0.0484. The van der Waals surface area contributed by atoms with Gasteiger partial charge in [-0.1, -0.05) is 41.9 Å². The van der Waals surface area contributed by atoms with E-state index in [2.05, 4.69) is 4.74 Å². The predicted octanol–water partition coefficient (Wildman–Crippen LogP) is 2.26. The number of alkyl halides is 2. The van der Waals surface area contributed by atoms with E-state index >= 15 is 0 Å². The SMILES string of the molecule is O=C(OCc1ccccc1)[C@H](F)Cl. The van der Waals surface area contributed by atoms with Crippen LogP contribution < -0.4 is 0 Å². The van der Waals surface area contributed by atoms with Crippen LogP contribution in [0.15, 0.2) is 30.3 Å². The van der Waals surface area contributed by atoms with E-state index in [1.165, 1.54) is 0 Å². The molecule has 0 amide bonds. The number of ether oxygens (including phenoxy) is 1. The zero-order valence-corrected chi connectivity index (χ0v) is 7.50. The summed E-state index contributed by atoms with van der Waals surface area (Å²) < 4.78 is 16.6. The summed E-state index contributed by atoms with van der Waals surface area (Å²) in [5.74, 6) is -1.05. The summed E-state index contributed by atoms with van der Waals surface area (Å²) in [6.07, 6.45) is 0. The summed E-state index contributed by atoms with van der Waals surface area (Å²) in [6, 6.07) is 8.99. The molecule has 1 atom stereocenters. The Bertz CT molecular complexity index is 274. The highest BCUT2D eigenvalue weighted by Crippen LogP contribution is 2.04. The minimum Gasteiger partial charge on any atom is -0.458 e. The zero-order valence-electron chi connectivity index (χ0n) is 6.74. The van der Waals surface area contributed by atoms with Crippen molar-refractivity contribution >= 4 is 17.6 Å². The first-order valence-electron chi connectivity index (χ1n) is 3.69. The van der Waals surface area contributed by atoms with Crippen molar-refractivity contribution in [3.05, 3.63) is 35.9 Å². The zero-order chi connectivity index (χ0) is 9.68. The first kappa shape index (κ1) is 9.99. The number of hydrogen-bond acceptors (Lipinski definition) is 2. The molecule has 0 radical (unpaired) electrons. The van der Waals surface area contributed by atoms with Crippen LogP contribution >= 0.6 is 11.6 Å². The van der Waals surface area contributed by atoms with Gasteiger partial charge in [-0.3, -0.25) is 0 Å². The molecule has 13 heavy (non-hydrogen) atoms. The molecule has 1 aromatic carbocycles. The van der Waals surface area contributed by atoms with Crippen LogP contribution in [-0.2, 0) is 16.1 Å². The highest BCUT2D eigenvalue weighted by atomic mass is 35.5.